The van der Waals surface area contributed by atoms with E-state index in [0.29, 0.717) is 11.2 Å². The summed E-state index contributed by atoms with van der Waals surface area (Å²) in [4.78, 5) is 6.31. The molecule has 1 fully saturated rings. The molecule has 0 atom stereocenters. The minimum atomic E-state index is 0.576. The number of pyridine rings is 1. The Kier molecular flexibility index (Phi) is 2.92. The first kappa shape index (κ1) is 9.78. The van der Waals surface area contributed by atoms with E-state index in [2.05, 4.69) is 16.9 Å². The maximum absolute atomic E-state index is 5.86. The lowest BCUT2D eigenvalue weighted by Gasteiger charge is -2.26. The molecule has 1 aromatic heterocycles. The highest BCUT2D eigenvalue weighted by molar-refractivity contribution is 6.29. The first-order valence-corrected chi connectivity index (χ1v) is 5.49. The first-order valence-electron chi connectivity index (χ1n) is 5.12. The predicted octanol–water partition coefficient (Wildman–Crippen LogP) is 3.11. The topological polar surface area (TPSA) is 16.1 Å². The minimum Gasteiger partial charge on any atom is -0.371 e. The van der Waals surface area contributed by atoms with Gasteiger partial charge in [-0.15, -0.1) is 0 Å². The second-order valence-corrected chi connectivity index (χ2v) is 4.27. The molecule has 0 spiro atoms. The lowest BCUT2D eigenvalue weighted by atomic mass is 10.2. The molecule has 1 aliphatic rings. The highest BCUT2D eigenvalue weighted by Crippen LogP contribution is 2.27. The second-order valence-electron chi connectivity index (χ2n) is 3.89. The van der Waals surface area contributed by atoms with Gasteiger partial charge in [-0.1, -0.05) is 24.4 Å². The number of anilines is 1. The van der Waals surface area contributed by atoms with E-state index < -0.39 is 0 Å². The summed E-state index contributed by atoms with van der Waals surface area (Å²) in [5.41, 5.74) is 1.18. The molecule has 0 amide bonds. The molecule has 14 heavy (non-hydrogen) atoms. The molecule has 1 saturated carbocycles. The number of nitrogens with zero attached hydrogens (tertiary/aromatic N) is 2. The van der Waals surface area contributed by atoms with E-state index in [9.17, 15) is 0 Å². The highest BCUT2D eigenvalue weighted by atomic mass is 35.5. The molecule has 0 bridgehead atoms. The van der Waals surface area contributed by atoms with E-state index in [4.69, 9.17) is 11.6 Å². The van der Waals surface area contributed by atoms with Crippen LogP contribution < -0.4 is 4.90 Å². The number of hydrogen-bond donors (Lipinski definition) is 0. The summed E-state index contributed by atoms with van der Waals surface area (Å²) >= 11 is 5.86. The maximum atomic E-state index is 5.86. The fourth-order valence-electron chi connectivity index (χ4n) is 2.11. The van der Waals surface area contributed by atoms with Crippen molar-refractivity contribution in [3.8, 4) is 0 Å². The third-order valence-corrected chi connectivity index (χ3v) is 3.20. The van der Waals surface area contributed by atoms with Gasteiger partial charge in [-0.25, -0.2) is 4.98 Å². The Labute approximate surface area is 89.9 Å². The lowest BCUT2D eigenvalue weighted by Crippen LogP contribution is -2.28. The number of aromatic nitrogens is 1. The fourth-order valence-corrected chi connectivity index (χ4v) is 2.28. The monoisotopic (exact) mass is 210 g/mol. The van der Waals surface area contributed by atoms with Crippen molar-refractivity contribution in [2.24, 2.45) is 0 Å². The summed E-state index contributed by atoms with van der Waals surface area (Å²) in [5, 5.41) is 0.576. The Morgan fingerprint density at radius 1 is 1.43 bits per heavy atom. The van der Waals surface area contributed by atoms with E-state index in [1.54, 1.807) is 6.20 Å². The van der Waals surface area contributed by atoms with Gasteiger partial charge in [0.05, 0.1) is 0 Å². The van der Waals surface area contributed by atoms with Gasteiger partial charge in [0.15, 0.2) is 0 Å². The summed E-state index contributed by atoms with van der Waals surface area (Å²) in [7, 11) is 2.14. The third kappa shape index (κ3) is 2.01. The molecule has 1 aromatic rings. The van der Waals surface area contributed by atoms with Gasteiger partial charge in [0, 0.05) is 25.0 Å². The summed E-state index contributed by atoms with van der Waals surface area (Å²) in [6.07, 6.45) is 7.08. The van der Waals surface area contributed by atoms with Gasteiger partial charge in [-0.05, 0) is 25.0 Å². The Bertz CT molecular complexity index is 308. The van der Waals surface area contributed by atoms with Crippen LogP contribution in [0.25, 0.3) is 0 Å². The van der Waals surface area contributed by atoms with E-state index >= 15 is 0 Å². The van der Waals surface area contributed by atoms with Gasteiger partial charge in [0.2, 0.25) is 0 Å². The molecular formula is C11H15ClN2. The lowest BCUT2D eigenvalue weighted by molar-refractivity contribution is 0.653. The van der Waals surface area contributed by atoms with Crippen molar-refractivity contribution >= 4 is 17.3 Å². The van der Waals surface area contributed by atoms with Crippen molar-refractivity contribution in [2.45, 2.75) is 31.7 Å². The summed E-state index contributed by atoms with van der Waals surface area (Å²) in [6.45, 7) is 0. The van der Waals surface area contributed by atoms with E-state index in [-0.39, 0.29) is 0 Å². The Hall–Kier alpha value is -0.760. The first-order chi connectivity index (χ1) is 6.77. The van der Waals surface area contributed by atoms with Crippen LogP contribution in [0.1, 0.15) is 25.7 Å². The van der Waals surface area contributed by atoms with Crippen LogP contribution in [0.3, 0.4) is 0 Å². The molecule has 0 radical (unpaired) electrons. The molecule has 1 heterocycles. The maximum Gasteiger partial charge on any atom is 0.131 e. The van der Waals surface area contributed by atoms with Crippen molar-refractivity contribution in [1.82, 2.24) is 4.98 Å². The number of halogens is 1. The molecule has 0 aromatic carbocycles. The average Bonchev–Trinajstić information content (AvgIpc) is 2.69. The minimum absolute atomic E-state index is 0.576. The molecule has 0 saturated heterocycles. The van der Waals surface area contributed by atoms with Gasteiger partial charge in [0.25, 0.3) is 0 Å². The Balaban J connectivity index is 2.13. The van der Waals surface area contributed by atoms with Gasteiger partial charge in [0.1, 0.15) is 5.15 Å². The van der Waals surface area contributed by atoms with Crippen LogP contribution in [0.2, 0.25) is 5.15 Å². The third-order valence-electron chi connectivity index (χ3n) is 2.99. The number of hydrogen-bond acceptors (Lipinski definition) is 2. The van der Waals surface area contributed by atoms with E-state index in [0.717, 1.165) is 0 Å². The van der Waals surface area contributed by atoms with Crippen molar-refractivity contribution in [3.05, 3.63) is 23.5 Å². The molecular weight excluding hydrogens is 196 g/mol. The van der Waals surface area contributed by atoms with Crippen LogP contribution in [0.15, 0.2) is 18.3 Å². The van der Waals surface area contributed by atoms with Crippen molar-refractivity contribution in [3.63, 3.8) is 0 Å². The second kappa shape index (κ2) is 4.18. The SMILES string of the molecule is CN(c1ccnc(Cl)c1)C1CCCC1. The Morgan fingerprint density at radius 3 is 2.79 bits per heavy atom. The zero-order valence-corrected chi connectivity index (χ0v) is 9.17. The van der Waals surface area contributed by atoms with Crippen LogP contribution >= 0.6 is 11.6 Å². The zero-order chi connectivity index (χ0) is 9.97. The molecule has 0 aliphatic heterocycles. The Morgan fingerprint density at radius 2 is 2.14 bits per heavy atom. The van der Waals surface area contributed by atoms with E-state index in [1.165, 1.54) is 31.4 Å². The van der Waals surface area contributed by atoms with Crippen LogP contribution in [0.5, 0.6) is 0 Å². The van der Waals surface area contributed by atoms with Crippen LogP contribution in [-0.4, -0.2) is 18.1 Å². The normalized spacial score (nSPS) is 17.3. The molecule has 76 valence electrons. The smallest absolute Gasteiger partial charge is 0.131 e. The summed E-state index contributed by atoms with van der Waals surface area (Å²) < 4.78 is 0. The highest BCUT2D eigenvalue weighted by Gasteiger charge is 2.19. The van der Waals surface area contributed by atoms with Crippen LogP contribution in [0.4, 0.5) is 5.69 Å². The van der Waals surface area contributed by atoms with Crippen LogP contribution in [-0.2, 0) is 0 Å². The van der Waals surface area contributed by atoms with Crippen LogP contribution in [0, 0.1) is 0 Å². The summed E-state index contributed by atoms with van der Waals surface area (Å²) in [6, 6.07) is 4.64. The molecule has 1 aliphatic carbocycles. The summed E-state index contributed by atoms with van der Waals surface area (Å²) in [5.74, 6) is 0. The predicted molar refractivity (Wildman–Crippen MR) is 59.9 cm³/mol. The zero-order valence-electron chi connectivity index (χ0n) is 8.41. The molecule has 2 nitrogen and oxygen atoms in total. The largest absolute Gasteiger partial charge is 0.371 e. The fraction of sp³-hybridized carbons (Fsp3) is 0.545. The molecule has 3 heteroatoms. The molecule has 2 rings (SSSR count). The van der Waals surface area contributed by atoms with Crippen molar-refractivity contribution in [1.29, 1.82) is 0 Å². The quantitative estimate of drug-likeness (QED) is 0.698. The molecule has 0 N–H and O–H groups in total. The van der Waals surface area contributed by atoms with Gasteiger partial charge < -0.3 is 4.90 Å². The average molecular weight is 211 g/mol. The van der Waals surface area contributed by atoms with Gasteiger partial charge >= 0.3 is 0 Å². The molecule has 0 unspecified atom stereocenters. The van der Waals surface area contributed by atoms with E-state index in [1.807, 2.05) is 12.1 Å². The number of rotatable bonds is 2. The van der Waals surface area contributed by atoms with Crippen molar-refractivity contribution < 1.29 is 0 Å². The standard InChI is InChI=1S/C11H15ClN2/c1-14(9-4-2-3-5-9)10-6-7-13-11(12)8-10/h6-9H,2-5H2,1H3. The van der Waals surface area contributed by atoms with Gasteiger partial charge in [-0.3, -0.25) is 0 Å². The van der Waals surface area contributed by atoms with Gasteiger partial charge in [-0.2, -0.15) is 0 Å². The van der Waals surface area contributed by atoms with Crippen molar-refractivity contribution in [2.75, 3.05) is 11.9 Å².